The first-order valence-corrected chi connectivity index (χ1v) is 8.01. The summed E-state index contributed by atoms with van der Waals surface area (Å²) in [6.07, 6.45) is 0. The molecule has 0 fully saturated rings. The van der Waals surface area contributed by atoms with Gasteiger partial charge in [-0.3, -0.25) is 0 Å². The molecule has 0 saturated heterocycles. The van der Waals surface area contributed by atoms with E-state index >= 15 is 0 Å². The molecule has 0 unspecified atom stereocenters. The summed E-state index contributed by atoms with van der Waals surface area (Å²) < 4.78 is 1.54. The Balaban J connectivity index is 2.33. The van der Waals surface area contributed by atoms with Crippen LogP contribution in [-0.4, -0.2) is 13.3 Å². The van der Waals surface area contributed by atoms with Crippen LogP contribution in [0.3, 0.4) is 0 Å². The van der Waals surface area contributed by atoms with Gasteiger partial charge in [0.05, 0.1) is 0 Å². The van der Waals surface area contributed by atoms with Crippen LogP contribution in [0.25, 0.3) is 9.75 Å². The first-order chi connectivity index (χ1) is 6.27. The van der Waals surface area contributed by atoms with Crippen molar-refractivity contribution in [1.82, 2.24) is 0 Å². The molecule has 0 amide bonds. The Labute approximate surface area is 88.0 Å². The second kappa shape index (κ2) is 3.91. The van der Waals surface area contributed by atoms with E-state index in [1.165, 1.54) is 9.75 Å². The Morgan fingerprint density at radius 3 is 2.46 bits per heavy atom. The van der Waals surface area contributed by atoms with Crippen molar-refractivity contribution in [2.45, 2.75) is 0 Å². The zero-order valence-electron chi connectivity index (χ0n) is 7.65. The highest BCUT2D eigenvalue weighted by atomic mass is 32.1. The third-order valence-corrected chi connectivity index (χ3v) is 6.15. The quantitative estimate of drug-likeness (QED) is 0.682. The highest BCUT2D eigenvalue weighted by Crippen LogP contribution is 2.34. The molecule has 0 aromatic carbocycles. The number of hydrogen-bond acceptors (Lipinski definition) is 2. The van der Waals surface area contributed by atoms with E-state index in [0.717, 1.165) is 0 Å². The highest BCUT2D eigenvalue weighted by Gasteiger charge is 2.05. The van der Waals surface area contributed by atoms with Crippen LogP contribution in [0.4, 0.5) is 0 Å². The van der Waals surface area contributed by atoms with E-state index in [2.05, 4.69) is 43.0 Å². The minimum atomic E-state index is 0.0725. The molecular formula is C10H11PS2. The molecule has 0 aliphatic heterocycles. The molecule has 0 radical (unpaired) electrons. The summed E-state index contributed by atoms with van der Waals surface area (Å²) in [4.78, 5) is 2.81. The van der Waals surface area contributed by atoms with E-state index < -0.39 is 0 Å². The van der Waals surface area contributed by atoms with Gasteiger partial charge in [-0.1, -0.05) is 14.0 Å². The van der Waals surface area contributed by atoms with Crippen LogP contribution in [0, 0.1) is 0 Å². The van der Waals surface area contributed by atoms with E-state index in [-0.39, 0.29) is 7.92 Å². The van der Waals surface area contributed by atoms with Gasteiger partial charge in [0.25, 0.3) is 0 Å². The van der Waals surface area contributed by atoms with Crippen LogP contribution < -0.4 is 4.62 Å². The SMILES string of the molecule is CP(C)c1ccc(-c2cccs2)s1. The van der Waals surface area contributed by atoms with E-state index in [4.69, 9.17) is 0 Å². The van der Waals surface area contributed by atoms with Crippen molar-refractivity contribution in [3.8, 4) is 9.75 Å². The molecule has 2 rings (SSSR count). The fraction of sp³-hybridized carbons (Fsp3) is 0.200. The Kier molecular flexibility index (Phi) is 2.83. The molecular weight excluding hydrogens is 215 g/mol. The summed E-state index contributed by atoms with van der Waals surface area (Å²) >= 11 is 3.76. The Morgan fingerprint density at radius 1 is 1.08 bits per heavy atom. The molecule has 13 heavy (non-hydrogen) atoms. The zero-order valence-corrected chi connectivity index (χ0v) is 10.2. The molecule has 2 aromatic rings. The van der Waals surface area contributed by atoms with Crippen LogP contribution in [0.5, 0.6) is 0 Å². The zero-order chi connectivity index (χ0) is 9.26. The molecule has 0 aliphatic carbocycles. The highest BCUT2D eigenvalue weighted by molar-refractivity contribution is 7.70. The summed E-state index contributed by atoms with van der Waals surface area (Å²) in [6.45, 7) is 4.61. The van der Waals surface area contributed by atoms with Crippen LogP contribution in [0.15, 0.2) is 29.6 Å². The average Bonchev–Trinajstić information content (AvgIpc) is 2.75. The topological polar surface area (TPSA) is 0 Å². The first kappa shape index (κ1) is 9.39. The molecule has 2 heterocycles. The molecule has 0 bridgehead atoms. The maximum absolute atomic E-state index is 2.30. The normalized spacial score (nSPS) is 11.0. The van der Waals surface area contributed by atoms with Crippen LogP contribution in [0.1, 0.15) is 0 Å². The summed E-state index contributed by atoms with van der Waals surface area (Å²) in [7, 11) is 0.0725. The molecule has 0 aliphatic rings. The molecule has 0 atom stereocenters. The van der Waals surface area contributed by atoms with Gasteiger partial charge >= 0.3 is 0 Å². The van der Waals surface area contributed by atoms with Gasteiger partial charge in [-0.05, 0) is 36.9 Å². The summed E-state index contributed by atoms with van der Waals surface area (Å²) in [5.74, 6) is 0. The fourth-order valence-electron chi connectivity index (χ4n) is 1.12. The largest absolute Gasteiger partial charge is 0.143 e. The molecule has 0 nitrogen and oxygen atoms in total. The van der Waals surface area contributed by atoms with Gasteiger partial charge in [-0.15, -0.1) is 22.7 Å². The summed E-state index contributed by atoms with van der Waals surface area (Å²) in [5.41, 5.74) is 0. The second-order valence-corrected chi connectivity index (χ2v) is 7.61. The van der Waals surface area contributed by atoms with Crippen molar-refractivity contribution in [2.24, 2.45) is 0 Å². The van der Waals surface area contributed by atoms with E-state index in [1.807, 2.05) is 22.7 Å². The van der Waals surface area contributed by atoms with Gasteiger partial charge < -0.3 is 0 Å². The fourth-order valence-corrected chi connectivity index (χ4v) is 4.10. The van der Waals surface area contributed by atoms with Gasteiger partial charge in [-0.25, -0.2) is 0 Å². The van der Waals surface area contributed by atoms with Crippen molar-refractivity contribution < 1.29 is 0 Å². The molecule has 0 N–H and O–H groups in total. The van der Waals surface area contributed by atoms with E-state index in [1.54, 1.807) is 4.62 Å². The van der Waals surface area contributed by atoms with Gasteiger partial charge in [0.1, 0.15) is 0 Å². The molecule has 0 spiro atoms. The monoisotopic (exact) mass is 226 g/mol. The third-order valence-electron chi connectivity index (χ3n) is 1.80. The Hall–Kier alpha value is -0.170. The predicted octanol–water partition coefficient (Wildman–Crippen LogP) is 3.84. The predicted molar refractivity (Wildman–Crippen MR) is 66.0 cm³/mol. The van der Waals surface area contributed by atoms with Crippen LogP contribution >= 0.6 is 30.6 Å². The lowest BCUT2D eigenvalue weighted by atomic mass is 10.4. The van der Waals surface area contributed by atoms with Crippen molar-refractivity contribution in [2.75, 3.05) is 13.3 Å². The van der Waals surface area contributed by atoms with Crippen LogP contribution in [-0.2, 0) is 0 Å². The van der Waals surface area contributed by atoms with Crippen molar-refractivity contribution in [1.29, 1.82) is 0 Å². The number of thiophene rings is 2. The van der Waals surface area contributed by atoms with Gasteiger partial charge in [0.2, 0.25) is 0 Å². The minimum absolute atomic E-state index is 0.0725. The van der Waals surface area contributed by atoms with E-state index in [0.29, 0.717) is 0 Å². The van der Waals surface area contributed by atoms with Crippen molar-refractivity contribution >= 4 is 35.2 Å². The van der Waals surface area contributed by atoms with Crippen molar-refractivity contribution in [3.05, 3.63) is 29.6 Å². The number of hydrogen-bond donors (Lipinski definition) is 0. The molecule has 3 heteroatoms. The second-order valence-electron chi connectivity index (χ2n) is 3.01. The lowest BCUT2D eigenvalue weighted by Crippen LogP contribution is -1.87. The average molecular weight is 226 g/mol. The molecule has 2 aromatic heterocycles. The Morgan fingerprint density at radius 2 is 1.92 bits per heavy atom. The maximum atomic E-state index is 2.30. The first-order valence-electron chi connectivity index (χ1n) is 4.08. The lowest BCUT2D eigenvalue weighted by molar-refractivity contribution is 1.94. The maximum Gasteiger partial charge on any atom is 0.0449 e. The van der Waals surface area contributed by atoms with E-state index in [9.17, 15) is 0 Å². The standard InChI is InChI=1S/C10H11PS2/c1-11(2)10-6-5-9(13-10)8-4-3-7-12-8/h3-7H,1-2H3. The van der Waals surface area contributed by atoms with Gasteiger partial charge in [0, 0.05) is 14.4 Å². The minimum Gasteiger partial charge on any atom is -0.143 e. The van der Waals surface area contributed by atoms with Crippen molar-refractivity contribution in [3.63, 3.8) is 0 Å². The summed E-state index contributed by atoms with van der Waals surface area (Å²) in [6, 6.07) is 8.81. The third kappa shape index (κ3) is 2.01. The Bertz CT molecular complexity index is 373. The lowest BCUT2D eigenvalue weighted by Gasteiger charge is -1.98. The van der Waals surface area contributed by atoms with Gasteiger partial charge in [-0.2, -0.15) is 0 Å². The molecule has 0 saturated carbocycles. The smallest absolute Gasteiger partial charge is 0.0449 e. The van der Waals surface area contributed by atoms with Gasteiger partial charge in [0.15, 0.2) is 0 Å². The van der Waals surface area contributed by atoms with Crippen LogP contribution in [0.2, 0.25) is 0 Å². The number of rotatable bonds is 2. The summed E-state index contributed by atoms with van der Waals surface area (Å²) in [5, 5.41) is 2.13. The molecule has 68 valence electrons.